The van der Waals surface area contributed by atoms with Gasteiger partial charge >= 0.3 is 0 Å². The monoisotopic (exact) mass is 247 g/mol. The van der Waals surface area contributed by atoms with Gasteiger partial charge in [0, 0.05) is 24.3 Å². The number of amides is 1. The molecule has 3 heterocycles. The first-order chi connectivity index (χ1) is 8.70. The first-order valence-electron chi connectivity index (χ1n) is 6.41. The zero-order chi connectivity index (χ0) is 12.5. The number of aromatic nitrogens is 1. The van der Waals surface area contributed by atoms with Crippen LogP contribution in [-0.2, 0) is 0 Å². The zero-order valence-corrected chi connectivity index (χ0v) is 10.1. The van der Waals surface area contributed by atoms with Crippen molar-refractivity contribution in [1.29, 1.82) is 0 Å². The van der Waals surface area contributed by atoms with Crippen LogP contribution in [0.3, 0.4) is 0 Å². The SMILES string of the molecule is O=C(NC1CC2CCC(C1)N2)c1cncc(O)c1. The van der Waals surface area contributed by atoms with E-state index in [2.05, 4.69) is 15.6 Å². The van der Waals surface area contributed by atoms with Gasteiger partial charge in [-0.25, -0.2) is 0 Å². The lowest BCUT2D eigenvalue weighted by molar-refractivity contribution is 0.0923. The van der Waals surface area contributed by atoms with Gasteiger partial charge in [-0.3, -0.25) is 9.78 Å². The van der Waals surface area contributed by atoms with Gasteiger partial charge in [-0.15, -0.1) is 0 Å². The van der Waals surface area contributed by atoms with E-state index in [1.54, 1.807) is 0 Å². The van der Waals surface area contributed by atoms with Gasteiger partial charge in [0.25, 0.3) is 5.91 Å². The molecule has 0 saturated carbocycles. The molecule has 96 valence electrons. The molecule has 0 aromatic carbocycles. The lowest BCUT2D eigenvalue weighted by atomic mass is 9.99. The lowest BCUT2D eigenvalue weighted by Gasteiger charge is -2.29. The summed E-state index contributed by atoms with van der Waals surface area (Å²) < 4.78 is 0. The molecule has 2 atom stereocenters. The van der Waals surface area contributed by atoms with Gasteiger partial charge in [-0.1, -0.05) is 0 Å². The molecule has 2 unspecified atom stereocenters. The number of nitrogens with zero attached hydrogens (tertiary/aromatic N) is 1. The van der Waals surface area contributed by atoms with E-state index in [0.29, 0.717) is 17.6 Å². The number of rotatable bonds is 2. The lowest BCUT2D eigenvalue weighted by Crippen LogP contribution is -2.48. The quantitative estimate of drug-likeness (QED) is 0.722. The summed E-state index contributed by atoms with van der Waals surface area (Å²) >= 11 is 0. The van der Waals surface area contributed by atoms with Crippen molar-refractivity contribution in [3.8, 4) is 5.75 Å². The van der Waals surface area contributed by atoms with Gasteiger partial charge in [0.05, 0.1) is 11.8 Å². The minimum absolute atomic E-state index is 0.0213. The van der Waals surface area contributed by atoms with Crippen molar-refractivity contribution in [3.05, 3.63) is 24.0 Å². The summed E-state index contributed by atoms with van der Waals surface area (Å²) in [6.45, 7) is 0. The molecule has 2 bridgehead atoms. The standard InChI is InChI=1S/C13H17N3O2/c17-12-3-8(6-14-7-12)13(18)16-11-4-9-1-2-10(5-11)15-9/h3,6-7,9-11,15,17H,1-2,4-5H2,(H,16,18). The van der Waals surface area contributed by atoms with Crippen LogP contribution in [0.5, 0.6) is 5.75 Å². The molecule has 2 saturated heterocycles. The molecule has 0 radical (unpaired) electrons. The highest BCUT2D eigenvalue weighted by Crippen LogP contribution is 2.26. The molecule has 0 spiro atoms. The number of piperidine rings is 1. The van der Waals surface area contributed by atoms with Crippen molar-refractivity contribution in [2.75, 3.05) is 0 Å². The number of hydrogen-bond acceptors (Lipinski definition) is 4. The zero-order valence-electron chi connectivity index (χ0n) is 10.1. The highest BCUT2D eigenvalue weighted by atomic mass is 16.3. The number of carbonyl (C=O) groups is 1. The molecule has 5 nitrogen and oxygen atoms in total. The van der Waals surface area contributed by atoms with E-state index in [4.69, 9.17) is 0 Å². The Morgan fingerprint density at radius 2 is 2.06 bits per heavy atom. The average molecular weight is 247 g/mol. The summed E-state index contributed by atoms with van der Waals surface area (Å²) in [6, 6.07) is 2.78. The molecule has 1 aromatic heterocycles. The van der Waals surface area contributed by atoms with Crippen LogP contribution in [0.25, 0.3) is 0 Å². The molecule has 1 aromatic rings. The van der Waals surface area contributed by atoms with E-state index in [1.807, 2.05) is 0 Å². The van der Waals surface area contributed by atoms with Crippen molar-refractivity contribution in [2.24, 2.45) is 0 Å². The van der Waals surface area contributed by atoms with Gasteiger partial charge < -0.3 is 15.7 Å². The first-order valence-corrected chi connectivity index (χ1v) is 6.41. The van der Waals surface area contributed by atoms with Gasteiger partial charge in [-0.2, -0.15) is 0 Å². The third-order valence-electron chi connectivity index (χ3n) is 3.79. The molecule has 2 aliphatic heterocycles. The second kappa shape index (κ2) is 4.57. The van der Waals surface area contributed by atoms with Crippen molar-refractivity contribution >= 4 is 5.91 Å². The molecule has 3 rings (SSSR count). The van der Waals surface area contributed by atoms with Crippen LogP contribution in [0.1, 0.15) is 36.0 Å². The minimum Gasteiger partial charge on any atom is -0.506 e. The van der Waals surface area contributed by atoms with E-state index in [-0.39, 0.29) is 17.7 Å². The normalized spacial score (nSPS) is 30.1. The number of hydrogen-bond donors (Lipinski definition) is 3. The summed E-state index contributed by atoms with van der Waals surface area (Å²) in [5.74, 6) is -0.127. The molecule has 2 aliphatic rings. The Morgan fingerprint density at radius 3 is 2.72 bits per heavy atom. The summed E-state index contributed by atoms with van der Waals surface area (Å²) in [4.78, 5) is 15.8. The predicted molar refractivity (Wildman–Crippen MR) is 66.3 cm³/mol. The molecule has 2 fully saturated rings. The van der Waals surface area contributed by atoms with Crippen LogP contribution in [0.4, 0.5) is 0 Å². The molecule has 5 heteroatoms. The predicted octanol–water partition coefficient (Wildman–Crippen LogP) is 0.800. The Balaban J connectivity index is 1.64. The van der Waals surface area contributed by atoms with Crippen molar-refractivity contribution < 1.29 is 9.90 Å². The molecule has 1 amide bonds. The second-order valence-electron chi connectivity index (χ2n) is 5.21. The number of aromatic hydroxyl groups is 1. The van der Waals surface area contributed by atoms with Crippen LogP contribution < -0.4 is 10.6 Å². The van der Waals surface area contributed by atoms with Crippen LogP contribution in [0.15, 0.2) is 18.5 Å². The summed E-state index contributed by atoms with van der Waals surface area (Å²) in [7, 11) is 0. The highest BCUT2D eigenvalue weighted by Gasteiger charge is 2.34. The number of pyridine rings is 1. The van der Waals surface area contributed by atoms with Crippen molar-refractivity contribution in [3.63, 3.8) is 0 Å². The number of carbonyl (C=O) groups excluding carboxylic acids is 1. The van der Waals surface area contributed by atoms with E-state index >= 15 is 0 Å². The van der Waals surface area contributed by atoms with Crippen LogP contribution in [0.2, 0.25) is 0 Å². The average Bonchev–Trinajstić information content (AvgIpc) is 2.69. The first kappa shape index (κ1) is 11.5. The Hall–Kier alpha value is -1.62. The largest absolute Gasteiger partial charge is 0.506 e. The van der Waals surface area contributed by atoms with Crippen LogP contribution in [-0.4, -0.2) is 34.1 Å². The molecule has 18 heavy (non-hydrogen) atoms. The number of nitrogens with one attached hydrogen (secondary N) is 2. The van der Waals surface area contributed by atoms with Gasteiger partial charge in [-0.05, 0) is 31.7 Å². The Kier molecular flexibility index (Phi) is 2.91. The summed E-state index contributed by atoms with van der Waals surface area (Å²) in [6.07, 6.45) is 7.21. The minimum atomic E-state index is -0.148. The molecule has 3 N–H and O–H groups in total. The summed E-state index contributed by atoms with van der Waals surface area (Å²) in [5, 5.41) is 15.9. The third kappa shape index (κ3) is 2.31. The van der Waals surface area contributed by atoms with Crippen molar-refractivity contribution in [2.45, 2.75) is 43.8 Å². The van der Waals surface area contributed by atoms with Crippen LogP contribution >= 0.6 is 0 Å². The summed E-state index contributed by atoms with van der Waals surface area (Å²) in [5.41, 5.74) is 0.417. The van der Waals surface area contributed by atoms with E-state index in [1.165, 1.54) is 31.3 Å². The van der Waals surface area contributed by atoms with E-state index in [9.17, 15) is 9.90 Å². The van der Waals surface area contributed by atoms with E-state index in [0.717, 1.165) is 12.8 Å². The van der Waals surface area contributed by atoms with Gasteiger partial charge in [0.1, 0.15) is 5.75 Å². The maximum Gasteiger partial charge on any atom is 0.253 e. The fourth-order valence-electron chi connectivity index (χ4n) is 3.00. The fourth-order valence-corrected chi connectivity index (χ4v) is 3.00. The second-order valence-corrected chi connectivity index (χ2v) is 5.21. The Morgan fingerprint density at radius 1 is 1.33 bits per heavy atom. The Labute approximate surface area is 106 Å². The maximum atomic E-state index is 12.0. The van der Waals surface area contributed by atoms with E-state index < -0.39 is 0 Å². The van der Waals surface area contributed by atoms with Crippen LogP contribution in [0, 0.1) is 0 Å². The number of fused-ring (bicyclic) bond motifs is 2. The van der Waals surface area contributed by atoms with Gasteiger partial charge in [0.15, 0.2) is 0 Å². The topological polar surface area (TPSA) is 74.2 Å². The highest BCUT2D eigenvalue weighted by molar-refractivity contribution is 5.94. The fraction of sp³-hybridized carbons (Fsp3) is 0.538. The smallest absolute Gasteiger partial charge is 0.253 e. The molecular weight excluding hydrogens is 230 g/mol. The van der Waals surface area contributed by atoms with Crippen molar-refractivity contribution in [1.82, 2.24) is 15.6 Å². The third-order valence-corrected chi connectivity index (χ3v) is 3.79. The van der Waals surface area contributed by atoms with Gasteiger partial charge in [0.2, 0.25) is 0 Å². The molecule has 0 aliphatic carbocycles. The Bertz CT molecular complexity index is 451. The maximum absolute atomic E-state index is 12.0. The molecular formula is C13H17N3O2.